The van der Waals surface area contributed by atoms with Crippen molar-refractivity contribution >= 4 is 17.9 Å². The molecule has 81 heavy (non-hydrogen) atoms. The lowest BCUT2D eigenvalue weighted by Gasteiger charge is -2.18. The molecule has 6 heteroatoms. The van der Waals surface area contributed by atoms with E-state index in [1.165, 1.54) is 25.7 Å². The van der Waals surface area contributed by atoms with E-state index in [2.05, 4.69) is 215 Å². The highest BCUT2D eigenvalue weighted by Gasteiger charge is 2.19. The Bertz CT molecular complexity index is 1950. The van der Waals surface area contributed by atoms with Gasteiger partial charge in [0.1, 0.15) is 13.2 Å². The molecular formula is C75H114O6. The number of carbonyl (C=O) groups excluding carboxylic acids is 3. The highest BCUT2D eigenvalue weighted by Crippen LogP contribution is 2.12. The molecule has 0 aliphatic carbocycles. The average molecular weight is 1110 g/mol. The molecule has 1 unspecified atom stereocenters. The molecule has 450 valence electrons. The maximum atomic E-state index is 12.9. The van der Waals surface area contributed by atoms with Gasteiger partial charge in [-0.2, -0.15) is 0 Å². The fourth-order valence-electron chi connectivity index (χ4n) is 7.84. The van der Waals surface area contributed by atoms with Gasteiger partial charge in [-0.15, -0.1) is 0 Å². The summed E-state index contributed by atoms with van der Waals surface area (Å²) in [5.74, 6) is -1.04. The Kier molecular flexibility index (Phi) is 62.0. The molecule has 0 amide bonds. The second-order valence-electron chi connectivity index (χ2n) is 20.2. The SMILES string of the molecule is CC/C=C\C/C=C\C/C=C\C/C=C\C/C=C\C/C=C\C/C=C\C/C=C\C/C=C\C/C=C\CCCCC(=O)OCC(COC(=O)CCCCCCC/C=C\C/C=C\CCCCC)OC(=O)CCCC/C=C\C/C=C\C/C=C\C/C=C\CC. The van der Waals surface area contributed by atoms with E-state index in [1.807, 2.05) is 0 Å². The quantitative estimate of drug-likeness (QED) is 0.0261. The van der Waals surface area contributed by atoms with Crippen LogP contribution in [0.2, 0.25) is 0 Å². The minimum absolute atomic E-state index is 0.126. The maximum Gasteiger partial charge on any atom is 0.306 e. The van der Waals surface area contributed by atoms with Crippen molar-refractivity contribution < 1.29 is 28.6 Å². The Labute approximate surface area is 497 Å². The number of ether oxygens (including phenoxy) is 3. The summed E-state index contributed by atoms with van der Waals surface area (Å²) in [4.78, 5) is 38.2. The number of rotatable bonds is 55. The van der Waals surface area contributed by atoms with Gasteiger partial charge in [0.15, 0.2) is 6.10 Å². The van der Waals surface area contributed by atoms with E-state index in [9.17, 15) is 14.4 Å². The van der Waals surface area contributed by atoms with Crippen molar-refractivity contribution in [2.75, 3.05) is 13.2 Å². The summed E-state index contributed by atoms with van der Waals surface area (Å²) >= 11 is 0. The zero-order valence-electron chi connectivity index (χ0n) is 51.5. The van der Waals surface area contributed by atoms with Crippen LogP contribution in [0.3, 0.4) is 0 Å². The van der Waals surface area contributed by atoms with Gasteiger partial charge in [-0.25, -0.2) is 0 Å². The van der Waals surface area contributed by atoms with Crippen LogP contribution in [0, 0.1) is 0 Å². The molecule has 0 N–H and O–H groups in total. The lowest BCUT2D eigenvalue weighted by atomic mass is 10.1. The zero-order chi connectivity index (χ0) is 58.5. The Hall–Kier alpha value is -5.75. The monoisotopic (exact) mass is 1110 g/mol. The first-order valence-corrected chi connectivity index (χ1v) is 31.9. The van der Waals surface area contributed by atoms with Crippen LogP contribution < -0.4 is 0 Å². The average Bonchev–Trinajstić information content (AvgIpc) is 3.47. The van der Waals surface area contributed by atoms with Crippen molar-refractivity contribution in [2.45, 2.75) is 245 Å². The topological polar surface area (TPSA) is 78.9 Å². The highest BCUT2D eigenvalue weighted by atomic mass is 16.6. The summed E-state index contributed by atoms with van der Waals surface area (Å²) in [6, 6.07) is 0. The molecule has 0 aliphatic heterocycles. The summed E-state index contributed by atoms with van der Waals surface area (Å²) in [6.07, 6.45) is 102. The molecular weight excluding hydrogens is 997 g/mol. The third-order valence-electron chi connectivity index (χ3n) is 12.6. The Balaban J connectivity index is 4.47. The number of unbranched alkanes of at least 4 members (excludes halogenated alkanes) is 12. The lowest BCUT2D eigenvalue weighted by Crippen LogP contribution is -2.30. The molecule has 0 radical (unpaired) electrons. The molecule has 0 fully saturated rings. The predicted octanol–water partition coefficient (Wildman–Crippen LogP) is 22.2. The normalized spacial score (nSPS) is 13.5. The van der Waals surface area contributed by atoms with E-state index in [1.54, 1.807) is 0 Å². The molecule has 0 heterocycles. The molecule has 0 saturated heterocycles. The third-order valence-corrected chi connectivity index (χ3v) is 12.6. The summed E-state index contributed by atoms with van der Waals surface area (Å²) < 4.78 is 16.8. The van der Waals surface area contributed by atoms with Crippen LogP contribution in [0.15, 0.2) is 194 Å². The number of hydrogen-bond acceptors (Lipinski definition) is 6. The smallest absolute Gasteiger partial charge is 0.306 e. The van der Waals surface area contributed by atoms with Gasteiger partial charge < -0.3 is 14.2 Å². The van der Waals surface area contributed by atoms with Gasteiger partial charge in [0.05, 0.1) is 0 Å². The van der Waals surface area contributed by atoms with Crippen molar-refractivity contribution in [3.05, 3.63) is 194 Å². The Morgan fingerprint density at radius 3 is 0.778 bits per heavy atom. The fraction of sp³-hybridized carbons (Fsp3) is 0.533. The van der Waals surface area contributed by atoms with Crippen LogP contribution in [-0.2, 0) is 28.6 Å². The van der Waals surface area contributed by atoms with E-state index in [-0.39, 0.29) is 44.0 Å². The molecule has 0 aromatic carbocycles. The van der Waals surface area contributed by atoms with Crippen LogP contribution in [-0.4, -0.2) is 37.2 Å². The van der Waals surface area contributed by atoms with Gasteiger partial charge >= 0.3 is 17.9 Å². The lowest BCUT2D eigenvalue weighted by molar-refractivity contribution is -0.167. The first-order valence-electron chi connectivity index (χ1n) is 31.9. The second kappa shape index (κ2) is 66.8. The molecule has 1 atom stereocenters. The van der Waals surface area contributed by atoms with Gasteiger partial charge in [-0.1, -0.05) is 247 Å². The van der Waals surface area contributed by atoms with E-state index in [4.69, 9.17) is 14.2 Å². The van der Waals surface area contributed by atoms with Gasteiger partial charge in [-0.05, 0) is 167 Å². The van der Waals surface area contributed by atoms with Crippen LogP contribution in [0.5, 0.6) is 0 Å². The van der Waals surface area contributed by atoms with Crippen molar-refractivity contribution in [1.82, 2.24) is 0 Å². The molecule has 6 nitrogen and oxygen atoms in total. The van der Waals surface area contributed by atoms with Crippen LogP contribution in [0.1, 0.15) is 239 Å². The minimum Gasteiger partial charge on any atom is -0.462 e. The van der Waals surface area contributed by atoms with Crippen LogP contribution in [0.25, 0.3) is 0 Å². The summed E-state index contributed by atoms with van der Waals surface area (Å²) in [5.41, 5.74) is 0. The van der Waals surface area contributed by atoms with Gasteiger partial charge in [0.25, 0.3) is 0 Å². The molecule has 0 aliphatic rings. The number of carbonyl (C=O) groups is 3. The van der Waals surface area contributed by atoms with Crippen molar-refractivity contribution in [3.8, 4) is 0 Å². The summed E-state index contributed by atoms with van der Waals surface area (Å²) in [6.45, 7) is 6.28. The van der Waals surface area contributed by atoms with E-state index in [0.29, 0.717) is 19.3 Å². The number of esters is 3. The summed E-state index contributed by atoms with van der Waals surface area (Å²) in [7, 11) is 0. The minimum atomic E-state index is -0.836. The Morgan fingerprint density at radius 1 is 0.259 bits per heavy atom. The standard InChI is InChI=1S/C75H114O6/c1-4-7-10-13-16-19-22-25-28-29-30-31-32-33-34-35-36-37-38-39-40-41-42-43-44-45-48-50-53-56-59-62-65-68-74(77)80-71-72(81-75(78)69-66-63-60-57-54-51-47-27-24-21-18-15-12-9-6-3)70-79-73(76)67-64-61-58-55-52-49-46-26-23-20-17-14-11-8-5-2/h7,9-10,12,16-21,25-28,30-31,33-34,36-37,39-40,42-43,45-48,53-54,56-57,72H,4-6,8,11,13-15,22-24,29,32,35,38,41,44,49-52,55,58-71H2,1-3H3/b10-7-,12-9-,19-16-,20-17-,21-18-,28-25-,31-30-,34-33-,37-36-,40-39-,43-42-,46-26-,47-27-,48-45-,56-53-,57-54-. The summed E-state index contributed by atoms with van der Waals surface area (Å²) in [5, 5.41) is 0. The van der Waals surface area contributed by atoms with E-state index < -0.39 is 6.10 Å². The van der Waals surface area contributed by atoms with Gasteiger partial charge in [-0.3, -0.25) is 14.4 Å². The fourth-order valence-corrected chi connectivity index (χ4v) is 7.84. The van der Waals surface area contributed by atoms with Crippen LogP contribution in [0.4, 0.5) is 0 Å². The van der Waals surface area contributed by atoms with Crippen molar-refractivity contribution in [1.29, 1.82) is 0 Å². The van der Waals surface area contributed by atoms with Gasteiger partial charge in [0, 0.05) is 19.3 Å². The molecule has 0 saturated carbocycles. The largest absolute Gasteiger partial charge is 0.462 e. The maximum absolute atomic E-state index is 12.9. The van der Waals surface area contributed by atoms with E-state index >= 15 is 0 Å². The van der Waals surface area contributed by atoms with Crippen molar-refractivity contribution in [3.63, 3.8) is 0 Å². The molecule has 0 rings (SSSR count). The second-order valence-corrected chi connectivity index (χ2v) is 20.2. The molecule has 0 aromatic heterocycles. The molecule has 0 bridgehead atoms. The zero-order valence-corrected chi connectivity index (χ0v) is 51.5. The number of allylic oxidation sites excluding steroid dienone is 32. The van der Waals surface area contributed by atoms with Gasteiger partial charge in [0.2, 0.25) is 0 Å². The molecule has 0 spiro atoms. The van der Waals surface area contributed by atoms with Crippen LogP contribution >= 0.6 is 0 Å². The highest BCUT2D eigenvalue weighted by molar-refractivity contribution is 5.71. The third kappa shape index (κ3) is 64.9. The predicted molar refractivity (Wildman–Crippen MR) is 352 cm³/mol. The first kappa shape index (κ1) is 75.2. The number of hydrogen-bond donors (Lipinski definition) is 0. The molecule has 0 aromatic rings. The van der Waals surface area contributed by atoms with Crippen molar-refractivity contribution in [2.24, 2.45) is 0 Å². The first-order chi connectivity index (χ1) is 40.0. The van der Waals surface area contributed by atoms with E-state index in [0.717, 1.165) is 161 Å². The Morgan fingerprint density at radius 2 is 0.481 bits per heavy atom.